The molecule has 8 nitrogen and oxygen atoms in total. The molecule has 4 aromatic carbocycles. The van der Waals surface area contributed by atoms with Crippen LogP contribution in [0.4, 0.5) is 24.5 Å². The zero-order valence-electron chi connectivity index (χ0n) is 23.5. The lowest BCUT2D eigenvalue weighted by Crippen LogP contribution is -2.33. The lowest BCUT2D eigenvalue weighted by atomic mass is 9.83. The van der Waals surface area contributed by atoms with Crippen molar-refractivity contribution in [2.75, 3.05) is 16.8 Å². The number of benzene rings is 4. The van der Waals surface area contributed by atoms with Crippen LogP contribution in [0.5, 0.6) is 5.75 Å². The van der Waals surface area contributed by atoms with Crippen LogP contribution in [0.3, 0.4) is 0 Å². The molecule has 1 saturated heterocycles. The van der Waals surface area contributed by atoms with Gasteiger partial charge in [0, 0.05) is 16.5 Å². The van der Waals surface area contributed by atoms with Crippen molar-refractivity contribution >= 4 is 63.0 Å². The van der Waals surface area contributed by atoms with Crippen molar-refractivity contribution in [2.45, 2.75) is 22.4 Å². The standard InChI is InChI=1S/C33H22F3N3O5S2/c34-33(35,36)22-7-3-4-8-23(22)39-30(41)26-25(27-29(38-32(43)46-27)45-28(26)31(39)42)18-10-13-21(14-11-18)44-16-24(40)37-20-12-9-17-5-1-2-6-19(17)15-20/h1-15,25-26,28H,16H2,(H,37,40)(H,38,43). The van der Waals surface area contributed by atoms with Gasteiger partial charge in [0.05, 0.1) is 22.2 Å². The molecular formula is C33H22F3N3O5S2. The predicted molar refractivity (Wildman–Crippen MR) is 168 cm³/mol. The van der Waals surface area contributed by atoms with Gasteiger partial charge < -0.3 is 15.0 Å². The molecule has 3 unspecified atom stereocenters. The summed E-state index contributed by atoms with van der Waals surface area (Å²) in [6, 6.07) is 24.3. The Hall–Kier alpha value is -4.88. The summed E-state index contributed by atoms with van der Waals surface area (Å²) in [5.74, 6) is -3.41. The van der Waals surface area contributed by atoms with E-state index < -0.39 is 46.3 Å². The SMILES string of the molecule is O=C(COc1ccc(C2c3sc(=O)[nH]c3SC3C(=O)N(c4ccccc4C(F)(F)F)C(=O)C32)cc1)Nc1ccc2ccccc2c1. The number of nitrogens with zero attached hydrogens (tertiary/aromatic N) is 1. The summed E-state index contributed by atoms with van der Waals surface area (Å²) >= 11 is 1.87. The molecule has 1 fully saturated rings. The maximum absolute atomic E-state index is 13.9. The molecule has 3 atom stereocenters. The molecule has 0 radical (unpaired) electrons. The molecule has 13 heteroatoms. The lowest BCUT2D eigenvalue weighted by molar-refractivity contribution is -0.137. The van der Waals surface area contributed by atoms with E-state index in [1.54, 1.807) is 30.3 Å². The van der Waals surface area contributed by atoms with Gasteiger partial charge in [-0.1, -0.05) is 77.7 Å². The van der Waals surface area contributed by atoms with E-state index in [0.717, 1.165) is 46.0 Å². The molecule has 2 N–H and O–H groups in total. The summed E-state index contributed by atoms with van der Waals surface area (Å²) in [5, 5.41) is 4.18. The smallest absolute Gasteiger partial charge is 0.418 e. The highest BCUT2D eigenvalue weighted by atomic mass is 32.2. The predicted octanol–water partition coefficient (Wildman–Crippen LogP) is 6.42. The molecule has 232 valence electrons. The Morgan fingerprint density at radius 1 is 0.891 bits per heavy atom. The number of carbonyl (C=O) groups excluding carboxylic acids is 3. The van der Waals surface area contributed by atoms with Crippen molar-refractivity contribution in [3.05, 3.63) is 117 Å². The highest BCUT2D eigenvalue weighted by Gasteiger charge is 2.57. The third kappa shape index (κ3) is 5.35. The first-order valence-electron chi connectivity index (χ1n) is 14.0. The molecule has 5 aromatic rings. The third-order valence-corrected chi connectivity index (χ3v) is 10.3. The minimum absolute atomic E-state index is 0.277. The first kappa shape index (κ1) is 29.8. The Morgan fingerprint density at radius 3 is 2.37 bits per heavy atom. The Morgan fingerprint density at radius 2 is 1.61 bits per heavy atom. The Labute approximate surface area is 267 Å². The van der Waals surface area contributed by atoms with Gasteiger partial charge in [-0.15, -0.1) is 0 Å². The van der Waals surface area contributed by atoms with Gasteiger partial charge in [-0.2, -0.15) is 13.2 Å². The van der Waals surface area contributed by atoms with Crippen LogP contribution in [0.1, 0.15) is 21.9 Å². The zero-order chi connectivity index (χ0) is 32.2. The summed E-state index contributed by atoms with van der Waals surface area (Å²) < 4.78 is 47.3. The fourth-order valence-electron chi connectivity index (χ4n) is 5.91. The van der Waals surface area contributed by atoms with Gasteiger partial charge in [-0.3, -0.25) is 19.2 Å². The Bertz CT molecular complexity index is 2080. The number of thioether (sulfide) groups is 1. The van der Waals surface area contributed by atoms with E-state index in [1.807, 2.05) is 36.4 Å². The molecule has 7 rings (SSSR count). The first-order valence-corrected chi connectivity index (χ1v) is 15.7. The van der Waals surface area contributed by atoms with E-state index >= 15 is 0 Å². The number of anilines is 2. The van der Waals surface area contributed by atoms with E-state index in [0.29, 0.717) is 31.8 Å². The number of ether oxygens (including phenoxy) is 1. The number of imide groups is 1. The monoisotopic (exact) mass is 661 g/mol. The molecule has 3 amide bonds. The maximum Gasteiger partial charge on any atom is 0.418 e. The van der Waals surface area contributed by atoms with E-state index in [4.69, 9.17) is 4.74 Å². The summed E-state index contributed by atoms with van der Waals surface area (Å²) in [4.78, 5) is 55.9. The number of alkyl halides is 3. The first-order chi connectivity index (χ1) is 22.1. The summed E-state index contributed by atoms with van der Waals surface area (Å²) in [6.45, 7) is -0.277. The highest BCUT2D eigenvalue weighted by molar-refractivity contribution is 8.00. The van der Waals surface area contributed by atoms with Gasteiger partial charge in [0.2, 0.25) is 11.8 Å². The zero-order valence-corrected chi connectivity index (χ0v) is 25.2. The maximum atomic E-state index is 13.9. The van der Waals surface area contributed by atoms with Gasteiger partial charge in [0.25, 0.3) is 5.91 Å². The number of halogens is 3. The minimum Gasteiger partial charge on any atom is -0.484 e. The summed E-state index contributed by atoms with van der Waals surface area (Å²) in [7, 11) is 0. The van der Waals surface area contributed by atoms with Crippen LogP contribution >= 0.6 is 23.1 Å². The second-order valence-corrected chi connectivity index (χ2v) is 12.9. The number of amides is 3. The van der Waals surface area contributed by atoms with Crippen molar-refractivity contribution in [3.63, 3.8) is 0 Å². The van der Waals surface area contributed by atoms with Crippen LogP contribution in [0, 0.1) is 5.92 Å². The molecule has 1 aromatic heterocycles. The molecule has 2 aliphatic rings. The van der Waals surface area contributed by atoms with Crippen LogP contribution in [-0.2, 0) is 20.6 Å². The average Bonchev–Trinajstić information content (AvgIpc) is 3.53. The van der Waals surface area contributed by atoms with Crippen molar-refractivity contribution in [3.8, 4) is 5.75 Å². The number of carbonyl (C=O) groups is 3. The van der Waals surface area contributed by atoms with Crippen LogP contribution in [0.15, 0.2) is 101 Å². The van der Waals surface area contributed by atoms with Crippen molar-refractivity contribution in [1.82, 2.24) is 4.98 Å². The molecule has 0 saturated carbocycles. The number of nitrogens with one attached hydrogen (secondary N) is 2. The van der Waals surface area contributed by atoms with Gasteiger partial charge >= 0.3 is 11.0 Å². The molecule has 0 spiro atoms. The number of hydrogen-bond donors (Lipinski definition) is 2. The van der Waals surface area contributed by atoms with Crippen molar-refractivity contribution in [2.24, 2.45) is 5.92 Å². The number of fused-ring (bicyclic) bond motifs is 3. The van der Waals surface area contributed by atoms with E-state index in [-0.39, 0.29) is 17.4 Å². The van der Waals surface area contributed by atoms with E-state index in [9.17, 15) is 32.3 Å². The molecule has 0 bridgehead atoms. The number of H-pyrrole nitrogens is 1. The quantitative estimate of drug-likeness (QED) is 0.203. The molecule has 2 aliphatic heterocycles. The topological polar surface area (TPSA) is 109 Å². The number of para-hydroxylation sites is 1. The van der Waals surface area contributed by atoms with Crippen LogP contribution < -0.4 is 19.8 Å². The van der Waals surface area contributed by atoms with Crippen molar-refractivity contribution in [1.29, 1.82) is 0 Å². The molecule has 3 heterocycles. The second-order valence-electron chi connectivity index (χ2n) is 10.7. The number of hydrogen-bond acceptors (Lipinski definition) is 7. The third-order valence-electron chi connectivity index (χ3n) is 7.92. The Kier molecular flexibility index (Phi) is 7.44. The van der Waals surface area contributed by atoms with Crippen LogP contribution in [0.2, 0.25) is 0 Å². The van der Waals surface area contributed by atoms with Crippen LogP contribution in [0.25, 0.3) is 10.8 Å². The van der Waals surface area contributed by atoms with Crippen molar-refractivity contribution < 1.29 is 32.3 Å². The number of rotatable bonds is 6. The van der Waals surface area contributed by atoms with Gasteiger partial charge in [-0.05, 0) is 52.7 Å². The number of aromatic nitrogens is 1. The fraction of sp³-hybridized carbons (Fsp3) is 0.152. The summed E-state index contributed by atoms with van der Waals surface area (Å²) in [5.41, 5.74) is -0.434. The van der Waals surface area contributed by atoms with Gasteiger partial charge in [0.1, 0.15) is 11.0 Å². The number of thiazole rings is 1. The minimum atomic E-state index is -4.79. The van der Waals surface area contributed by atoms with E-state index in [2.05, 4.69) is 10.3 Å². The molecule has 0 aliphatic carbocycles. The largest absolute Gasteiger partial charge is 0.484 e. The highest BCUT2D eigenvalue weighted by Crippen LogP contribution is 2.54. The van der Waals surface area contributed by atoms with Crippen LogP contribution in [-0.4, -0.2) is 34.6 Å². The Balaban J connectivity index is 1.13. The van der Waals surface area contributed by atoms with Gasteiger partial charge in [0.15, 0.2) is 6.61 Å². The summed E-state index contributed by atoms with van der Waals surface area (Å²) in [6.07, 6.45) is -4.79. The normalized spacial score (nSPS) is 19.2. The number of aromatic amines is 1. The molecular weight excluding hydrogens is 640 g/mol. The average molecular weight is 662 g/mol. The second kappa shape index (κ2) is 11.5. The fourth-order valence-corrected chi connectivity index (χ4v) is 8.42. The lowest BCUT2D eigenvalue weighted by Gasteiger charge is -2.29. The van der Waals surface area contributed by atoms with Gasteiger partial charge in [-0.25, -0.2) is 4.90 Å². The van der Waals surface area contributed by atoms with E-state index in [1.165, 1.54) is 12.1 Å². The molecule has 46 heavy (non-hydrogen) atoms.